The Kier molecular flexibility index (Phi) is 4.95. The molecule has 0 saturated heterocycles. The SMILES string of the molecule is O=C(OC(c1ccccn1)C(Cl)(Cl)[N+](=O)[O-])c1ccccc1. The van der Waals surface area contributed by atoms with Crippen molar-refractivity contribution in [2.24, 2.45) is 0 Å². The van der Waals surface area contributed by atoms with Gasteiger partial charge in [0.15, 0.2) is 0 Å². The topological polar surface area (TPSA) is 82.3 Å². The Morgan fingerprint density at radius 3 is 2.36 bits per heavy atom. The van der Waals surface area contributed by atoms with E-state index in [1.165, 1.54) is 24.4 Å². The molecule has 6 nitrogen and oxygen atoms in total. The van der Waals surface area contributed by atoms with Gasteiger partial charge in [0, 0.05) is 6.20 Å². The summed E-state index contributed by atoms with van der Waals surface area (Å²) in [6, 6.07) is 12.6. The summed E-state index contributed by atoms with van der Waals surface area (Å²) in [4.78, 5) is 26.2. The van der Waals surface area contributed by atoms with Crippen LogP contribution in [0.15, 0.2) is 54.7 Å². The monoisotopic (exact) mass is 340 g/mol. The summed E-state index contributed by atoms with van der Waals surface area (Å²) in [7, 11) is 0. The molecular formula is C14H10Cl2N2O4. The van der Waals surface area contributed by atoms with Gasteiger partial charge in [-0.1, -0.05) is 24.3 Å². The average Bonchev–Trinajstić information content (AvgIpc) is 2.53. The van der Waals surface area contributed by atoms with Crippen molar-refractivity contribution in [2.75, 3.05) is 0 Å². The Morgan fingerprint density at radius 1 is 1.18 bits per heavy atom. The number of nitrogens with zero attached hydrogens (tertiary/aromatic N) is 2. The maximum atomic E-state index is 12.1. The van der Waals surface area contributed by atoms with Crippen LogP contribution in [-0.2, 0) is 4.74 Å². The van der Waals surface area contributed by atoms with Gasteiger partial charge in [-0.05, 0) is 47.5 Å². The summed E-state index contributed by atoms with van der Waals surface area (Å²) >= 11 is 11.5. The quantitative estimate of drug-likeness (QED) is 0.274. The van der Waals surface area contributed by atoms with Crippen LogP contribution in [0.2, 0.25) is 0 Å². The molecule has 0 bridgehead atoms. The number of hydrogen-bond acceptors (Lipinski definition) is 5. The average molecular weight is 341 g/mol. The first-order chi connectivity index (χ1) is 10.4. The lowest BCUT2D eigenvalue weighted by atomic mass is 10.2. The van der Waals surface area contributed by atoms with Gasteiger partial charge in [-0.2, -0.15) is 0 Å². The summed E-state index contributed by atoms with van der Waals surface area (Å²) in [5.74, 6) is -0.788. The van der Waals surface area contributed by atoms with E-state index >= 15 is 0 Å². The van der Waals surface area contributed by atoms with Crippen molar-refractivity contribution >= 4 is 29.2 Å². The molecule has 0 aliphatic heterocycles. The molecule has 1 aromatic heterocycles. The van der Waals surface area contributed by atoms with Crippen molar-refractivity contribution in [1.29, 1.82) is 0 Å². The van der Waals surface area contributed by atoms with Crippen LogP contribution in [-0.4, -0.2) is 20.3 Å². The molecule has 0 saturated carbocycles. The maximum absolute atomic E-state index is 12.1. The molecule has 1 aromatic carbocycles. The summed E-state index contributed by atoms with van der Waals surface area (Å²) in [5.41, 5.74) is 0.296. The maximum Gasteiger partial charge on any atom is 0.412 e. The fraction of sp³-hybridized carbons (Fsp3) is 0.143. The molecule has 1 atom stereocenters. The molecule has 2 rings (SSSR count). The minimum absolute atomic E-state index is 0.0773. The highest BCUT2D eigenvalue weighted by molar-refractivity contribution is 6.47. The summed E-state index contributed by atoms with van der Waals surface area (Å²) in [6.45, 7) is 0. The van der Waals surface area contributed by atoms with Crippen molar-refractivity contribution in [3.05, 3.63) is 76.1 Å². The molecule has 0 N–H and O–H groups in total. The predicted octanol–water partition coefficient (Wildman–Crippen LogP) is 3.39. The highest BCUT2D eigenvalue weighted by atomic mass is 35.5. The van der Waals surface area contributed by atoms with E-state index in [1.54, 1.807) is 30.3 Å². The fourth-order valence-corrected chi connectivity index (χ4v) is 2.00. The lowest BCUT2D eigenvalue weighted by Crippen LogP contribution is -2.36. The summed E-state index contributed by atoms with van der Waals surface area (Å²) < 4.78 is 2.58. The minimum atomic E-state index is -2.56. The Bertz CT molecular complexity index is 665. The lowest BCUT2D eigenvalue weighted by Gasteiger charge is -2.22. The second-order valence-corrected chi connectivity index (χ2v) is 5.60. The van der Waals surface area contributed by atoms with Crippen LogP contribution in [0.5, 0.6) is 0 Å². The van der Waals surface area contributed by atoms with Gasteiger partial charge < -0.3 is 4.74 Å². The fourth-order valence-electron chi connectivity index (χ4n) is 1.69. The first-order valence-electron chi connectivity index (χ1n) is 6.12. The number of alkyl halides is 2. The molecule has 0 spiro atoms. The zero-order valence-electron chi connectivity index (χ0n) is 11.1. The lowest BCUT2D eigenvalue weighted by molar-refractivity contribution is -0.528. The van der Waals surface area contributed by atoms with Crippen molar-refractivity contribution in [2.45, 2.75) is 10.6 Å². The number of carbonyl (C=O) groups is 1. The number of halogens is 2. The van der Waals surface area contributed by atoms with Gasteiger partial charge in [0.25, 0.3) is 0 Å². The van der Waals surface area contributed by atoms with E-state index < -0.39 is 21.5 Å². The smallest absolute Gasteiger partial charge is 0.412 e. The van der Waals surface area contributed by atoms with Crippen LogP contribution in [0.4, 0.5) is 0 Å². The molecule has 0 aliphatic rings. The number of nitro groups is 1. The van der Waals surface area contributed by atoms with Crippen LogP contribution >= 0.6 is 23.2 Å². The van der Waals surface area contributed by atoms with Gasteiger partial charge in [-0.25, -0.2) is 4.79 Å². The van der Waals surface area contributed by atoms with E-state index in [4.69, 9.17) is 27.9 Å². The molecule has 1 heterocycles. The number of aromatic nitrogens is 1. The second kappa shape index (κ2) is 6.72. The standard InChI is InChI=1S/C14H10Cl2N2O4/c15-14(16,18(20)21)12(11-8-4-5-9-17-11)22-13(19)10-6-2-1-3-7-10/h1-9,12H. The highest BCUT2D eigenvalue weighted by Gasteiger charge is 2.52. The van der Waals surface area contributed by atoms with Crippen LogP contribution in [0.25, 0.3) is 0 Å². The van der Waals surface area contributed by atoms with Gasteiger partial charge in [0.05, 0.1) is 16.2 Å². The van der Waals surface area contributed by atoms with Crippen LogP contribution in [0, 0.1) is 10.1 Å². The van der Waals surface area contributed by atoms with E-state index in [2.05, 4.69) is 4.98 Å². The molecule has 22 heavy (non-hydrogen) atoms. The van der Waals surface area contributed by atoms with Crippen molar-refractivity contribution in [1.82, 2.24) is 4.98 Å². The van der Waals surface area contributed by atoms with E-state index in [0.29, 0.717) is 0 Å². The van der Waals surface area contributed by atoms with Crippen molar-refractivity contribution < 1.29 is 14.5 Å². The third-order valence-corrected chi connectivity index (χ3v) is 3.42. The molecule has 0 fully saturated rings. The number of rotatable bonds is 5. The Balaban J connectivity index is 2.34. The Morgan fingerprint density at radius 2 is 1.82 bits per heavy atom. The number of carbonyl (C=O) groups excluding carboxylic acids is 1. The van der Waals surface area contributed by atoms with Gasteiger partial charge in [-0.15, -0.1) is 0 Å². The third kappa shape index (κ3) is 3.52. The number of ether oxygens (including phenoxy) is 1. The second-order valence-electron chi connectivity index (χ2n) is 4.25. The highest BCUT2D eigenvalue weighted by Crippen LogP contribution is 2.39. The van der Waals surface area contributed by atoms with Crippen LogP contribution < -0.4 is 0 Å². The van der Waals surface area contributed by atoms with Crippen LogP contribution in [0.1, 0.15) is 22.2 Å². The normalized spacial score (nSPS) is 12.5. The van der Waals surface area contributed by atoms with E-state index in [-0.39, 0.29) is 11.3 Å². The molecule has 0 amide bonds. The number of pyridine rings is 1. The number of esters is 1. The van der Waals surface area contributed by atoms with E-state index in [1.807, 2.05) is 0 Å². The molecular weight excluding hydrogens is 331 g/mol. The zero-order chi connectivity index (χ0) is 16.2. The van der Waals surface area contributed by atoms with E-state index in [9.17, 15) is 14.9 Å². The number of benzene rings is 1. The molecule has 2 aromatic rings. The first-order valence-corrected chi connectivity index (χ1v) is 6.88. The van der Waals surface area contributed by atoms with Gasteiger partial charge in [0.1, 0.15) is 0 Å². The van der Waals surface area contributed by atoms with Gasteiger partial charge in [-0.3, -0.25) is 15.1 Å². The molecule has 0 radical (unpaired) electrons. The zero-order valence-corrected chi connectivity index (χ0v) is 12.6. The molecule has 8 heteroatoms. The van der Waals surface area contributed by atoms with Crippen molar-refractivity contribution in [3.63, 3.8) is 0 Å². The summed E-state index contributed by atoms with van der Waals surface area (Å²) in [6.07, 6.45) is -0.164. The number of hydrogen-bond donors (Lipinski definition) is 0. The van der Waals surface area contributed by atoms with Gasteiger partial charge >= 0.3 is 10.4 Å². The molecule has 0 aliphatic carbocycles. The molecule has 114 valence electrons. The Hall–Kier alpha value is -2.18. The Labute approximate surface area is 135 Å². The largest absolute Gasteiger partial charge is 0.441 e. The molecule has 1 unspecified atom stereocenters. The summed E-state index contributed by atoms with van der Waals surface area (Å²) in [5, 5.41) is 11.1. The van der Waals surface area contributed by atoms with Gasteiger partial charge in [0.2, 0.25) is 6.10 Å². The van der Waals surface area contributed by atoms with E-state index in [0.717, 1.165) is 0 Å². The van der Waals surface area contributed by atoms with Crippen LogP contribution in [0.3, 0.4) is 0 Å². The first kappa shape index (κ1) is 16.2. The van der Waals surface area contributed by atoms with Crippen molar-refractivity contribution in [3.8, 4) is 0 Å². The minimum Gasteiger partial charge on any atom is -0.441 e. The third-order valence-electron chi connectivity index (χ3n) is 2.75. The predicted molar refractivity (Wildman–Crippen MR) is 80.3 cm³/mol.